The van der Waals surface area contributed by atoms with Crippen LogP contribution in [0.4, 0.5) is 0 Å². The SMILES string of the molecule is CCCS(=O)(=O)CCN1C(=O)C(C)NC(=O)C1CC. The maximum Gasteiger partial charge on any atom is 0.245 e. The Morgan fingerprint density at radius 2 is 1.84 bits per heavy atom. The number of carbonyl (C=O) groups excluding carboxylic acids is 2. The molecule has 2 atom stereocenters. The van der Waals surface area contributed by atoms with Gasteiger partial charge in [-0.2, -0.15) is 0 Å². The summed E-state index contributed by atoms with van der Waals surface area (Å²) in [4.78, 5) is 25.2. The summed E-state index contributed by atoms with van der Waals surface area (Å²) in [6.07, 6.45) is 1.04. The number of rotatable bonds is 6. The number of nitrogens with one attached hydrogen (secondary N) is 1. The monoisotopic (exact) mass is 290 g/mol. The molecule has 6 nitrogen and oxygen atoms in total. The van der Waals surface area contributed by atoms with Crippen molar-refractivity contribution in [1.29, 1.82) is 0 Å². The Labute approximate surface area is 114 Å². The molecule has 0 aromatic carbocycles. The molecule has 0 aromatic rings. The van der Waals surface area contributed by atoms with Gasteiger partial charge in [-0.25, -0.2) is 8.42 Å². The molecule has 0 bridgehead atoms. The molecule has 19 heavy (non-hydrogen) atoms. The highest BCUT2D eigenvalue weighted by Crippen LogP contribution is 2.13. The minimum Gasteiger partial charge on any atom is -0.343 e. The van der Waals surface area contributed by atoms with Crippen molar-refractivity contribution in [2.75, 3.05) is 18.1 Å². The Hall–Kier alpha value is -1.11. The van der Waals surface area contributed by atoms with Gasteiger partial charge in [-0.05, 0) is 19.8 Å². The van der Waals surface area contributed by atoms with Gasteiger partial charge in [-0.3, -0.25) is 9.59 Å². The lowest BCUT2D eigenvalue weighted by molar-refractivity contribution is -0.148. The average Bonchev–Trinajstić information content (AvgIpc) is 2.31. The van der Waals surface area contributed by atoms with Gasteiger partial charge in [0.2, 0.25) is 11.8 Å². The van der Waals surface area contributed by atoms with E-state index in [2.05, 4.69) is 5.32 Å². The highest BCUT2D eigenvalue weighted by Gasteiger charge is 2.37. The highest BCUT2D eigenvalue weighted by atomic mass is 32.2. The van der Waals surface area contributed by atoms with E-state index >= 15 is 0 Å². The predicted octanol–water partition coefficient (Wildman–Crippen LogP) is -0.0633. The van der Waals surface area contributed by atoms with Gasteiger partial charge in [0.25, 0.3) is 0 Å². The van der Waals surface area contributed by atoms with Crippen LogP contribution in [0.3, 0.4) is 0 Å². The molecule has 1 fully saturated rings. The molecule has 1 heterocycles. The summed E-state index contributed by atoms with van der Waals surface area (Å²) in [5.74, 6) is -0.378. The van der Waals surface area contributed by atoms with Crippen LogP contribution in [0.5, 0.6) is 0 Å². The van der Waals surface area contributed by atoms with Crippen LogP contribution in [0.15, 0.2) is 0 Å². The van der Waals surface area contributed by atoms with Gasteiger partial charge >= 0.3 is 0 Å². The van der Waals surface area contributed by atoms with Gasteiger partial charge in [-0.1, -0.05) is 13.8 Å². The third-order valence-electron chi connectivity index (χ3n) is 3.24. The lowest BCUT2D eigenvalue weighted by Gasteiger charge is -2.37. The zero-order valence-electron chi connectivity index (χ0n) is 11.7. The molecule has 1 rings (SSSR count). The van der Waals surface area contributed by atoms with E-state index in [0.717, 1.165) is 0 Å². The van der Waals surface area contributed by atoms with Crippen LogP contribution < -0.4 is 5.32 Å². The summed E-state index contributed by atoms with van der Waals surface area (Å²) in [5.41, 5.74) is 0. The molecular formula is C12H22N2O4S. The highest BCUT2D eigenvalue weighted by molar-refractivity contribution is 7.91. The number of piperazine rings is 1. The standard InChI is InChI=1S/C12H22N2O4S/c1-4-7-19(17,18)8-6-14-10(5-2)11(15)13-9(3)12(14)16/h9-10H,4-8H2,1-3H3,(H,13,15). The third kappa shape index (κ3) is 3.92. The lowest BCUT2D eigenvalue weighted by Crippen LogP contribution is -2.62. The van der Waals surface area contributed by atoms with Crippen LogP contribution in [0.25, 0.3) is 0 Å². The summed E-state index contributed by atoms with van der Waals surface area (Å²) in [5, 5.41) is 2.60. The second-order valence-electron chi connectivity index (χ2n) is 4.84. The number of hydrogen-bond acceptors (Lipinski definition) is 4. The van der Waals surface area contributed by atoms with Gasteiger partial charge in [0.05, 0.1) is 5.75 Å². The first kappa shape index (κ1) is 15.9. The first-order valence-corrected chi connectivity index (χ1v) is 8.45. The van der Waals surface area contributed by atoms with Crippen molar-refractivity contribution in [2.24, 2.45) is 0 Å². The number of amides is 2. The predicted molar refractivity (Wildman–Crippen MR) is 72.3 cm³/mol. The normalized spacial score (nSPS) is 24.5. The van der Waals surface area contributed by atoms with Crippen molar-refractivity contribution in [3.8, 4) is 0 Å². The molecule has 0 radical (unpaired) electrons. The number of sulfone groups is 1. The van der Waals surface area contributed by atoms with E-state index in [1.54, 1.807) is 20.8 Å². The number of hydrogen-bond donors (Lipinski definition) is 1. The molecule has 1 aliphatic heterocycles. The van der Waals surface area contributed by atoms with Crippen molar-refractivity contribution < 1.29 is 18.0 Å². The molecule has 0 saturated carbocycles. The smallest absolute Gasteiger partial charge is 0.245 e. The van der Waals surface area contributed by atoms with E-state index in [-0.39, 0.29) is 29.9 Å². The Kier molecular flexibility index (Phi) is 5.34. The molecule has 0 aromatic heterocycles. The Bertz CT molecular complexity index is 447. The maximum absolute atomic E-state index is 12.0. The number of carbonyl (C=O) groups is 2. The van der Waals surface area contributed by atoms with Crippen molar-refractivity contribution in [2.45, 2.75) is 45.7 Å². The largest absolute Gasteiger partial charge is 0.343 e. The van der Waals surface area contributed by atoms with Gasteiger partial charge in [0.15, 0.2) is 9.84 Å². The molecule has 1 N–H and O–H groups in total. The van der Waals surface area contributed by atoms with E-state index in [0.29, 0.717) is 12.8 Å². The summed E-state index contributed by atoms with van der Waals surface area (Å²) >= 11 is 0. The lowest BCUT2D eigenvalue weighted by atomic mass is 10.1. The molecule has 2 amide bonds. The second kappa shape index (κ2) is 6.36. The van der Waals surface area contributed by atoms with E-state index < -0.39 is 21.9 Å². The molecular weight excluding hydrogens is 268 g/mol. The Morgan fingerprint density at radius 3 is 2.37 bits per heavy atom. The van der Waals surface area contributed by atoms with Crippen molar-refractivity contribution in [1.82, 2.24) is 10.2 Å². The second-order valence-corrected chi connectivity index (χ2v) is 7.14. The van der Waals surface area contributed by atoms with Crippen molar-refractivity contribution >= 4 is 21.7 Å². The molecule has 1 saturated heterocycles. The summed E-state index contributed by atoms with van der Waals surface area (Å²) < 4.78 is 23.4. The minimum atomic E-state index is -3.15. The van der Waals surface area contributed by atoms with Crippen LogP contribution in [0.1, 0.15) is 33.6 Å². The van der Waals surface area contributed by atoms with Crippen LogP contribution in [-0.2, 0) is 19.4 Å². The molecule has 0 aliphatic carbocycles. The Morgan fingerprint density at radius 1 is 1.21 bits per heavy atom. The van der Waals surface area contributed by atoms with E-state index in [4.69, 9.17) is 0 Å². The molecule has 110 valence electrons. The Balaban J connectivity index is 2.77. The van der Waals surface area contributed by atoms with E-state index in [9.17, 15) is 18.0 Å². The third-order valence-corrected chi connectivity index (χ3v) is 5.07. The molecule has 2 unspecified atom stereocenters. The van der Waals surface area contributed by atoms with Crippen molar-refractivity contribution in [3.63, 3.8) is 0 Å². The van der Waals surface area contributed by atoms with Crippen LogP contribution in [-0.4, -0.2) is 55.3 Å². The van der Waals surface area contributed by atoms with Crippen LogP contribution in [0, 0.1) is 0 Å². The van der Waals surface area contributed by atoms with Crippen LogP contribution >= 0.6 is 0 Å². The number of nitrogens with zero attached hydrogens (tertiary/aromatic N) is 1. The minimum absolute atomic E-state index is 0.0803. The topological polar surface area (TPSA) is 83.6 Å². The van der Waals surface area contributed by atoms with Crippen LogP contribution in [0.2, 0.25) is 0 Å². The molecule has 1 aliphatic rings. The fourth-order valence-electron chi connectivity index (χ4n) is 2.24. The first-order valence-electron chi connectivity index (χ1n) is 6.63. The zero-order chi connectivity index (χ0) is 14.6. The average molecular weight is 290 g/mol. The fourth-order valence-corrected chi connectivity index (χ4v) is 3.54. The van der Waals surface area contributed by atoms with Gasteiger partial charge in [-0.15, -0.1) is 0 Å². The van der Waals surface area contributed by atoms with E-state index in [1.165, 1.54) is 4.90 Å². The first-order chi connectivity index (χ1) is 8.82. The molecule has 7 heteroatoms. The van der Waals surface area contributed by atoms with Gasteiger partial charge in [0, 0.05) is 12.3 Å². The summed E-state index contributed by atoms with van der Waals surface area (Å²) in [7, 11) is -3.15. The van der Waals surface area contributed by atoms with Gasteiger partial charge < -0.3 is 10.2 Å². The fraction of sp³-hybridized carbons (Fsp3) is 0.833. The van der Waals surface area contributed by atoms with Gasteiger partial charge in [0.1, 0.15) is 12.1 Å². The van der Waals surface area contributed by atoms with Crippen molar-refractivity contribution in [3.05, 3.63) is 0 Å². The zero-order valence-corrected chi connectivity index (χ0v) is 12.5. The summed E-state index contributed by atoms with van der Waals surface area (Å²) in [6, 6.07) is -1.13. The summed E-state index contributed by atoms with van der Waals surface area (Å²) in [6.45, 7) is 5.31. The maximum atomic E-state index is 12.0. The quantitative estimate of drug-likeness (QED) is 0.742. The van der Waals surface area contributed by atoms with E-state index in [1.807, 2.05) is 0 Å². The molecule has 0 spiro atoms.